The Balaban J connectivity index is 1.56. The van der Waals surface area contributed by atoms with Gasteiger partial charge in [0.2, 0.25) is 0 Å². The molecule has 1 N–H and O–H groups in total. The minimum absolute atomic E-state index is 0.167. The summed E-state index contributed by atoms with van der Waals surface area (Å²) in [5, 5.41) is 8.79. The number of benzene rings is 1. The number of nitrogens with zero attached hydrogens (tertiary/aromatic N) is 2. The van der Waals surface area contributed by atoms with Gasteiger partial charge in [0, 0.05) is 38.2 Å². The van der Waals surface area contributed by atoms with Gasteiger partial charge in [0.05, 0.1) is 6.17 Å². The quantitative estimate of drug-likeness (QED) is 0.620. The molecule has 23 heavy (non-hydrogen) atoms. The molecule has 0 spiro atoms. The summed E-state index contributed by atoms with van der Waals surface area (Å²) in [6.45, 7) is 4.84. The van der Waals surface area contributed by atoms with Crippen LogP contribution in [-0.4, -0.2) is 53.1 Å². The second-order valence-corrected chi connectivity index (χ2v) is 6.78. The molecule has 0 aromatic heterocycles. The second-order valence-electron chi connectivity index (χ2n) is 6.78. The molecule has 0 amide bonds. The summed E-state index contributed by atoms with van der Waals surface area (Å²) >= 11 is 0. The predicted molar refractivity (Wildman–Crippen MR) is 91.3 cm³/mol. The number of hydrogen-bond acceptors (Lipinski definition) is 4. The maximum Gasteiger partial charge on any atom is 0.162 e. The number of rotatable bonds is 7. The Labute approximate surface area is 139 Å². The predicted octanol–water partition coefficient (Wildman–Crippen LogP) is 2.66. The lowest BCUT2D eigenvalue weighted by atomic mass is 10.0. The zero-order valence-corrected chi connectivity index (χ0v) is 13.9. The van der Waals surface area contributed by atoms with Crippen LogP contribution in [0.4, 0.5) is 0 Å². The molecule has 1 aromatic rings. The minimum Gasteiger partial charge on any atom is -0.396 e. The normalized spacial score (nSPS) is 22.2. The van der Waals surface area contributed by atoms with Crippen molar-refractivity contribution in [2.24, 2.45) is 0 Å². The van der Waals surface area contributed by atoms with Crippen LogP contribution in [0.5, 0.6) is 0 Å². The SMILES string of the molecule is O=C(CCCCO)c1ccc(CN2CCCN3CCCC32)cc1. The van der Waals surface area contributed by atoms with Gasteiger partial charge in [-0.2, -0.15) is 0 Å². The summed E-state index contributed by atoms with van der Waals surface area (Å²) in [5.41, 5.74) is 2.10. The van der Waals surface area contributed by atoms with Gasteiger partial charge < -0.3 is 5.11 Å². The van der Waals surface area contributed by atoms with Gasteiger partial charge in [0.1, 0.15) is 0 Å². The molecule has 0 radical (unpaired) electrons. The number of carbonyl (C=O) groups excluding carboxylic acids is 1. The standard InChI is InChI=1S/C19H28N2O2/c22-14-2-1-5-18(23)17-9-7-16(8-10-17)15-21-13-4-12-20-11-3-6-19(20)21/h7-10,19,22H,1-6,11-15H2. The van der Waals surface area contributed by atoms with Crippen molar-refractivity contribution in [2.75, 3.05) is 26.2 Å². The Morgan fingerprint density at radius 1 is 1.09 bits per heavy atom. The molecule has 2 fully saturated rings. The van der Waals surface area contributed by atoms with Crippen LogP contribution in [0.2, 0.25) is 0 Å². The van der Waals surface area contributed by atoms with Crippen LogP contribution in [0.1, 0.15) is 54.4 Å². The highest BCUT2D eigenvalue weighted by molar-refractivity contribution is 5.96. The molecule has 4 heteroatoms. The lowest BCUT2D eigenvalue weighted by molar-refractivity contribution is 0.0287. The number of aliphatic hydroxyl groups is 1. The van der Waals surface area contributed by atoms with E-state index in [1.54, 1.807) is 0 Å². The Morgan fingerprint density at radius 3 is 2.65 bits per heavy atom. The first-order valence-corrected chi connectivity index (χ1v) is 8.99. The molecular formula is C19H28N2O2. The van der Waals surface area contributed by atoms with E-state index in [1.165, 1.54) is 44.5 Å². The first kappa shape index (κ1) is 16.6. The van der Waals surface area contributed by atoms with Crippen molar-refractivity contribution in [2.45, 2.75) is 51.2 Å². The third-order valence-electron chi connectivity index (χ3n) is 5.11. The van der Waals surface area contributed by atoms with Gasteiger partial charge in [-0.1, -0.05) is 24.3 Å². The van der Waals surface area contributed by atoms with Crippen molar-refractivity contribution in [3.05, 3.63) is 35.4 Å². The van der Waals surface area contributed by atoms with E-state index < -0.39 is 0 Å². The molecule has 1 aromatic carbocycles. The number of Topliss-reactive ketones (excluding diaryl/α,β-unsaturated/α-hetero) is 1. The first-order valence-electron chi connectivity index (χ1n) is 8.99. The number of hydrogen-bond donors (Lipinski definition) is 1. The zero-order valence-electron chi connectivity index (χ0n) is 13.9. The van der Waals surface area contributed by atoms with Crippen LogP contribution in [0, 0.1) is 0 Å². The van der Waals surface area contributed by atoms with Gasteiger partial charge in [0.15, 0.2) is 5.78 Å². The van der Waals surface area contributed by atoms with Gasteiger partial charge in [-0.3, -0.25) is 14.6 Å². The summed E-state index contributed by atoms with van der Waals surface area (Å²) in [5.74, 6) is 0.185. The molecule has 1 unspecified atom stereocenters. The van der Waals surface area contributed by atoms with Crippen molar-refractivity contribution in [3.8, 4) is 0 Å². The molecule has 2 heterocycles. The summed E-state index contributed by atoms with van der Waals surface area (Å²) in [7, 11) is 0. The van der Waals surface area contributed by atoms with Gasteiger partial charge in [-0.15, -0.1) is 0 Å². The van der Waals surface area contributed by atoms with Crippen LogP contribution in [-0.2, 0) is 6.54 Å². The molecule has 2 aliphatic rings. The lowest BCUT2D eigenvalue weighted by Gasteiger charge is -2.40. The molecule has 0 bridgehead atoms. The van der Waals surface area contributed by atoms with Gasteiger partial charge in [0.25, 0.3) is 0 Å². The van der Waals surface area contributed by atoms with Crippen molar-refractivity contribution >= 4 is 5.78 Å². The van der Waals surface area contributed by atoms with Gasteiger partial charge in [-0.05, 0) is 44.2 Å². The summed E-state index contributed by atoms with van der Waals surface area (Å²) in [4.78, 5) is 17.3. The van der Waals surface area contributed by atoms with E-state index in [0.717, 1.165) is 18.5 Å². The molecule has 2 saturated heterocycles. The Hall–Kier alpha value is -1.23. The largest absolute Gasteiger partial charge is 0.396 e. The van der Waals surface area contributed by atoms with E-state index in [1.807, 2.05) is 12.1 Å². The average Bonchev–Trinajstić information content (AvgIpc) is 3.05. The highest BCUT2D eigenvalue weighted by Crippen LogP contribution is 2.26. The summed E-state index contributed by atoms with van der Waals surface area (Å²) in [6, 6.07) is 8.14. The fraction of sp³-hybridized carbons (Fsp3) is 0.632. The zero-order chi connectivity index (χ0) is 16.1. The first-order chi connectivity index (χ1) is 11.3. The monoisotopic (exact) mass is 316 g/mol. The molecule has 1 atom stereocenters. The van der Waals surface area contributed by atoms with Gasteiger partial charge >= 0.3 is 0 Å². The van der Waals surface area contributed by atoms with E-state index >= 15 is 0 Å². The van der Waals surface area contributed by atoms with E-state index in [4.69, 9.17) is 5.11 Å². The molecule has 126 valence electrons. The molecule has 4 nitrogen and oxygen atoms in total. The number of ketones is 1. The van der Waals surface area contributed by atoms with Crippen molar-refractivity contribution in [1.82, 2.24) is 9.80 Å². The van der Waals surface area contributed by atoms with E-state index in [9.17, 15) is 4.79 Å². The van der Waals surface area contributed by atoms with Crippen LogP contribution in [0.3, 0.4) is 0 Å². The third kappa shape index (κ3) is 4.19. The maximum atomic E-state index is 12.1. The fourth-order valence-electron chi connectivity index (χ4n) is 3.87. The second kappa shape index (κ2) is 8.04. The van der Waals surface area contributed by atoms with Crippen LogP contribution in [0.25, 0.3) is 0 Å². The van der Waals surface area contributed by atoms with E-state index in [2.05, 4.69) is 21.9 Å². The van der Waals surface area contributed by atoms with Gasteiger partial charge in [-0.25, -0.2) is 0 Å². The highest BCUT2D eigenvalue weighted by atomic mass is 16.2. The number of fused-ring (bicyclic) bond motifs is 1. The Kier molecular flexibility index (Phi) is 5.81. The molecule has 2 aliphatic heterocycles. The number of carbonyl (C=O) groups is 1. The lowest BCUT2D eigenvalue weighted by Crippen LogP contribution is -2.49. The number of aliphatic hydroxyl groups excluding tert-OH is 1. The molecule has 3 rings (SSSR count). The minimum atomic E-state index is 0.167. The van der Waals surface area contributed by atoms with Crippen molar-refractivity contribution in [3.63, 3.8) is 0 Å². The van der Waals surface area contributed by atoms with Crippen molar-refractivity contribution < 1.29 is 9.90 Å². The topological polar surface area (TPSA) is 43.8 Å². The van der Waals surface area contributed by atoms with Crippen molar-refractivity contribution in [1.29, 1.82) is 0 Å². The summed E-state index contributed by atoms with van der Waals surface area (Å²) in [6.07, 6.45) is 6.51. The van der Waals surface area contributed by atoms with E-state index in [0.29, 0.717) is 19.0 Å². The van der Waals surface area contributed by atoms with Crippen LogP contribution < -0.4 is 0 Å². The molecular weight excluding hydrogens is 288 g/mol. The Morgan fingerprint density at radius 2 is 1.87 bits per heavy atom. The average molecular weight is 316 g/mol. The maximum absolute atomic E-state index is 12.1. The molecule has 0 aliphatic carbocycles. The molecule has 0 saturated carbocycles. The third-order valence-corrected chi connectivity index (χ3v) is 5.11. The number of unbranched alkanes of at least 4 members (excludes halogenated alkanes) is 1. The summed E-state index contributed by atoms with van der Waals surface area (Å²) < 4.78 is 0. The fourth-order valence-corrected chi connectivity index (χ4v) is 3.87. The van der Waals surface area contributed by atoms with Crippen LogP contribution in [0.15, 0.2) is 24.3 Å². The van der Waals surface area contributed by atoms with Crippen LogP contribution >= 0.6 is 0 Å². The smallest absolute Gasteiger partial charge is 0.162 e. The highest BCUT2D eigenvalue weighted by Gasteiger charge is 2.32. The Bertz CT molecular complexity index is 515. The van der Waals surface area contributed by atoms with E-state index in [-0.39, 0.29) is 12.4 Å².